The van der Waals surface area contributed by atoms with E-state index in [1.165, 1.54) is 16.2 Å². The number of aliphatic hydroxyl groups excluding tert-OH is 1. The van der Waals surface area contributed by atoms with Gasteiger partial charge in [0.15, 0.2) is 5.13 Å². The van der Waals surface area contributed by atoms with Crippen LogP contribution in [0.2, 0.25) is 0 Å². The maximum atomic E-state index is 13.5. The number of Topliss-reactive ketones (excluding diaryl/α,β-unsaturated/α-hetero) is 1. The van der Waals surface area contributed by atoms with Gasteiger partial charge in [-0.05, 0) is 73.0 Å². The van der Waals surface area contributed by atoms with Gasteiger partial charge in [-0.15, -0.1) is 0 Å². The van der Waals surface area contributed by atoms with Crippen molar-refractivity contribution in [3.05, 3.63) is 101 Å². The zero-order valence-corrected chi connectivity index (χ0v) is 22.0. The number of hydrogen-bond donors (Lipinski definition) is 1. The van der Waals surface area contributed by atoms with Gasteiger partial charge in [0.25, 0.3) is 5.78 Å². The summed E-state index contributed by atoms with van der Waals surface area (Å²) in [4.78, 5) is 33.1. The molecule has 3 aromatic carbocycles. The number of ketones is 1. The van der Waals surface area contributed by atoms with Crippen LogP contribution in [-0.4, -0.2) is 35.5 Å². The average Bonchev–Trinajstić information content (AvgIpc) is 3.44. The van der Waals surface area contributed by atoms with Gasteiger partial charge >= 0.3 is 5.91 Å². The number of nitrogens with zero attached hydrogens (tertiary/aromatic N) is 2. The molecule has 192 valence electrons. The van der Waals surface area contributed by atoms with Crippen LogP contribution in [0.25, 0.3) is 16.0 Å². The molecule has 1 fully saturated rings. The van der Waals surface area contributed by atoms with Crippen LogP contribution < -0.4 is 14.4 Å². The van der Waals surface area contributed by atoms with Gasteiger partial charge in [-0.25, -0.2) is 4.98 Å². The number of aryl methyl sites for hydroxylation is 2. The van der Waals surface area contributed by atoms with Gasteiger partial charge in [-0.1, -0.05) is 42.2 Å². The molecule has 1 amide bonds. The van der Waals surface area contributed by atoms with E-state index in [2.05, 4.69) is 11.6 Å². The number of aromatic nitrogens is 1. The maximum absolute atomic E-state index is 13.5. The number of thiazole rings is 1. The number of benzene rings is 3. The number of rotatable bonds is 7. The Morgan fingerprint density at radius 2 is 1.95 bits per heavy atom. The third-order valence-electron chi connectivity index (χ3n) is 6.39. The highest BCUT2D eigenvalue weighted by Crippen LogP contribution is 2.45. The zero-order chi connectivity index (χ0) is 27.0. The SMILES string of the molecule is C=CCOc1cccc(C2/C(=C(\O)c3ccc(OC)c(C)c3)C(=O)C(=O)N2c2nc3ccc(C)cc3s2)c1. The molecule has 1 atom stereocenters. The fourth-order valence-corrected chi connectivity index (χ4v) is 5.67. The first-order valence-electron chi connectivity index (χ1n) is 12.0. The molecule has 38 heavy (non-hydrogen) atoms. The van der Waals surface area contributed by atoms with Crippen molar-refractivity contribution in [2.24, 2.45) is 0 Å². The Kier molecular flexibility index (Phi) is 6.73. The van der Waals surface area contributed by atoms with Gasteiger partial charge in [0, 0.05) is 5.56 Å². The number of hydrogen-bond acceptors (Lipinski definition) is 7. The quantitative estimate of drug-likeness (QED) is 0.135. The third kappa shape index (κ3) is 4.43. The molecule has 0 radical (unpaired) electrons. The molecule has 1 saturated heterocycles. The van der Waals surface area contributed by atoms with Crippen LogP contribution in [0.1, 0.15) is 28.3 Å². The Hall–Kier alpha value is -4.43. The molecule has 1 unspecified atom stereocenters. The minimum absolute atomic E-state index is 0.0177. The van der Waals surface area contributed by atoms with Gasteiger partial charge in [-0.3, -0.25) is 14.5 Å². The lowest BCUT2D eigenvalue weighted by Gasteiger charge is -2.23. The minimum Gasteiger partial charge on any atom is -0.507 e. The lowest BCUT2D eigenvalue weighted by Crippen LogP contribution is -2.29. The number of carbonyl (C=O) groups excluding carboxylic acids is 2. The molecule has 8 heteroatoms. The number of amides is 1. The molecule has 2 heterocycles. The highest BCUT2D eigenvalue weighted by molar-refractivity contribution is 7.22. The molecular weight excluding hydrogens is 500 g/mol. The highest BCUT2D eigenvalue weighted by Gasteiger charge is 2.48. The van der Waals surface area contributed by atoms with Crippen molar-refractivity contribution < 1.29 is 24.2 Å². The summed E-state index contributed by atoms with van der Waals surface area (Å²) < 4.78 is 12.0. The highest BCUT2D eigenvalue weighted by atomic mass is 32.1. The van der Waals surface area contributed by atoms with E-state index in [0.29, 0.717) is 34.4 Å². The van der Waals surface area contributed by atoms with Crippen LogP contribution in [0.15, 0.2) is 78.9 Å². The van der Waals surface area contributed by atoms with E-state index in [9.17, 15) is 14.7 Å². The maximum Gasteiger partial charge on any atom is 0.301 e. The van der Waals surface area contributed by atoms with Crippen molar-refractivity contribution in [1.29, 1.82) is 0 Å². The summed E-state index contributed by atoms with van der Waals surface area (Å²) in [5.74, 6) is -0.608. The Morgan fingerprint density at radius 1 is 1.13 bits per heavy atom. The molecular formula is C30H26N2O5S. The van der Waals surface area contributed by atoms with E-state index in [-0.39, 0.29) is 11.3 Å². The lowest BCUT2D eigenvalue weighted by atomic mass is 9.94. The largest absolute Gasteiger partial charge is 0.507 e. The van der Waals surface area contributed by atoms with E-state index in [4.69, 9.17) is 9.47 Å². The lowest BCUT2D eigenvalue weighted by molar-refractivity contribution is -0.132. The molecule has 1 N–H and O–H groups in total. The first kappa shape index (κ1) is 25.2. The molecule has 0 spiro atoms. The van der Waals surface area contributed by atoms with Crippen molar-refractivity contribution >= 4 is 44.1 Å². The summed E-state index contributed by atoms with van der Waals surface area (Å²) in [5.41, 5.74) is 3.57. The van der Waals surface area contributed by atoms with Gasteiger partial charge in [-0.2, -0.15) is 0 Å². The summed E-state index contributed by atoms with van der Waals surface area (Å²) in [6.07, 6.45) is 1.63. The van der Waals surface area contributed by atoms with Crippen molar-refractivity contribution in [2.45, 2.75) is 19.9 Å². The van der Waals surface area contributed by atoms with Crippen LogP contribution in [-0.2, 0) is 9.59 Å². The normalized spacial score (nSPS) is 16.7. The first-order chi connectivity index (χ1) is 18.3. The molecule has 4 aromatic rings. The number of fused-ring (bicyclic) bond motifs is 1. The predicted molar refractivity (Wildman–Crippen MR) is 149 cm³/mol. The minimum atomic E-state index is -0.911. The van der Waals surface area contributed by atoms with Gasteiger partial charge in [0.1, 0.15) is 23.9 Å². The summed E-state index contributed by atoms with van der Waals surface area (Å²) in [6, 6.07) is 17.2. The first-order valence-corrected chi connectivity index (χ1v) is 12.8. The second-order valence-electron chi connectivity index (χ2n) is 8.99. The summed E-state index contributed by atoms with van der Waals surface area (Å²) in [6.45, 7) is 7.81. The fourth-order valence-electron chi connectivity index (χ4n) is 4.58. The second kappa shape index (κ2) is 10.1. The molecule has 1 aliphatic heterocycles. The Labute approximate surface area is 224 Å². The van der Waals surface area contributed by atoms with Crippen molar-refractivity contribution in [2.75, 3.05) is 18.6 Å². The van der Waals surface area contributed by atoms with Crippen LogP contribution in [0.5, 0.6) is 11.5 Å². The molecule has 0 aliphatic carbocycles. The topological polar surface area (TPSA) is 89.0 Å². The van der Waals surface area contributed by atoms with E-state index in [1.54, 1.807) is 55.7 Å². The van der Waals surface area contributed by atoms with Crippen LogP contribution in [0.4, 0.5) is 5.13 Å². The second-order valence-corrected chi connectivity index (χ2v) is 10.0. The molecule has 0 saturated carbocycles. The number of ether oxygens (including phenoxy) is 2. The Balaban J connectivity index is 1.71. The van der Waals surface area contributed by atoms with Crippen LogP contribution in [0.3, 0.4) is 0 Å². The van der Waals surface area contributed by atoms with Crippen LogP contribution >= 0.6 is 11.3 Å². The molecule has 5 rings (SSSR count). The third-order valence-corrected chi connectivity index (χ3v) is 7.41. The van der Waals surface area contributed by atoms with Crippen LogP contribution in [0, 0.1) is 13.8 Å². The summed E-state index contributed by atoms with van der Waals surface area (Å²) in [7, 11) is 1.56. The molecule has 0 bridgehead atoms. The van der Waals surface area contributed by atoms with E-state index >= 15 is 0 Å². The number of methoxy groups -OCH3 is 1. The van der Waals surface area contributed by atoms with Gasteiger partial charge < -0.3 is 14.6 Å². The summed E-state index contributed by atoms with van der Waals surface area (Å²) in [5, 5.41) is 11.8. The number of aliphatic hydroxyl groups is 1. The molecule has 1 aromatic heterocycles. The van der Waals surface area contributed by atoms with Crippen molar-refractivity contribution in [3.63, 3.8) is 0 Å². The zero-order valence-electron chi connectivity index (χ0n) is 21.2. The monoisotopic (exact) mass is 526 g/mol. The standard InChI is InChI=1S/C30H26N2O5S/c1-5-13-37-21-8-6-7-19(16-21)26-25(27(33)20-10-12-23(36-4)18(3)15-20)28(34)29(35)32(26)30-31-22-11-9-17(2)14-24(22)38-30/h5-12,14-16,26,33H,1,13H2,2-4H3/b27-25+. The Morgan fingerprint density at radius 3 is 2.68 bits per heavy atom. The average molecular weight is 527 g/mol. The predicted octanol–water partition coefficient (Wildman–Crippen LogP) is 6.11. The van der Waals surface area contributed by atoms with Crippen molar-refractivity contribution in [3.8, 4) is 11.5 Å². The van der Waals surface area contributed by atoms with E-state index < -0.39 is 17.7 Å². The van der Waals surface area contributed by atoms with E-state index in [1.807, 2.05) is 32.0 Å². The van der Waals surface area contributed by atoms with E-state index in [0.717, 1.165) is 21.3 Å². The summed E-state index contributed by atoms with van der Waals surface area (Å²) >= 11 is 1.32. The fraction of sp³-hybridized carbons (Fsp3) is 0.167. The van der Waals surface area contributed by atoms with Gasteiger partial charge in [0.2, 0.25) is 0 Å². The molecule has 7 nitrogen and oxygen atoms in total. The molecule has 1 aliphatic rings. The van der Waals surface area contributed by atoms with Gasteiger partial charge in [0.05, 0.1) is 28.9 Å². The van der Waals surface area contributed by atoms with Crippen molar-refractivity contribution in [1.82, 2.24) is 4.98 Å². The number of anilines is 1. The smallest absolute Gasteiger partial charge is 0.301 e. The number of carbonyl (C=O) groups is 2. The Bertz CT molecular complexity index is 1620.